The van der Waals surface area contributed by atoms with Crippen LogP contribution in [0.4, 0.5) is 10.6 Å². The maximum Gasteiger partial charge on any atom is 0.407 e. The van der Waals surface area contributed by atoms with E-state index in [-0.39, 0.29) is 21.1 Å². The van der Waals surface area contributed by atoms with Crippen molar-refractivity contribution >= 4 is 22.8 Å². The number of ether oxygens (including phenoxy) is 1. The zero-order valence-corrected chi connectivity index (χ0v) is 19.6. The number of phenolic OH excluding ortho intramolecular Hbond substituents is 1. The van der Waals surface area contributed by atoms with Gasteiger partial charge in [0.2, 0.25) is 0 Å². The first-order valence-corrected chi connectivity index (χ1v) is 11.8. The highest BCUT2D eigenvalue weighted by atomic mass is 16.5. The van der Waals surface area contributed by atoms with Gasteiger partial charge >= 0.3 is 6.09 Å². The van der Waals surface area contributed by atoms with E-state index in [9.17, 15) is 9.90 Å². The fraction of sp³-hybridized carbons (Fsp3) is 0.250. The number of para-hydroxylation sites is 1. The molecule has 0 bridgehead atoms. The third-order valence-corrected chi connectivity index (χ3v) is 6.31. The fourth-order valence-electron chi connectivity index (χ4n) is 4.44. The van der Waals surface area contributed by atoms with Crippen LogP contribution in [-0.4, -0.2) is 40.8 Å². The van der Waals surface area contributed by atoms with E-state index in [0.29, 0.717) is 17.9 Å². The van der Waals surface area contributed by atoms with E-state index in [1.807, 2.05) is 55.5 Å². The molecule has 182 valence electrons. The number of amides is 1. The van der Waals surface area contributed by atoms with Crippen molar-refractivity contribution in [3.8, 4) is 17.1 Å². The molecular formula is C28H32N4O3. The monoisotopic (exact) mass is 472 g/mol. The van der Waals surface area contributed by atoms with Gasteiger partial charge in [-0.25, -0.2) is 14.8 Å². The molecule has 0 spiro atoms. The number of nitrogens with zero attached hydrogens (tertiary/aromatic N) is 3. The van der Waals surface area contributed by atoms with Gasteiger partial charge in [-0.2, -0.15) is 0 Å². The highest BCUT2D eigenvalue weighted by Gasteiger charge is 2.26. The number of hydrogen-bond donors (Lipinski definition) is 2. The number of hydrogen-bond acceptors (Lipinski definition) is 6. The number of rotatable bonds is 6. The van der Waals surface area contributed by atoms with E-state index in [0.717, 1.165) is 47.4 Å². The predicted molar refractivity (Wildman–Crippen MR) is 141 cm³/mol. The molecule has 1 aliphatic heterocycles. The van der Waals surface area contributed by atoms with Gasteiger partial charge in [-0.1, -0.05) is 48.5 Å². The molecule has 0 unspecified atom stereocenters. The molecule has 1 aliphatic rings. The van der Waals surface area contributed by atoms with Crippen LogP contribution in [0.15, 0.2) is 72.8 Å². The summed E-state index contributed by atoms with van der Waals surface area (Å²) in [6, 6.07) is 22.9. The standard InChI is InChI=1S/C28H28N4O3.2H2/c1-19-11-12-22-24(15-19)30-26(23-9-5-6-10-25(23)33)31-27(22)32-14-13-21(17-32)16-29-28(34)35-18-20-7-3-2-4-8-20;;/h2-12,15,21,33H,13-14,16-18H2,1H3,(H,29,34);2*1H/t21-;;/m0../s1. The number of anilines is 1. The molecule has 0 aliphatic carbocycles. The molecule has 0 saturated carbocycles. The summed E-state index contributed by atoms with van der Waals surface area (Å²) in [6.45, 7) is 4.42. The number of carbonyl (C=O) groups excluding carboxylic acids is 1. The predicted octanol–water partition coefficient (Wildman–Crippen LogP) is 5.56. The van der Waals surface area contributed by atoms with Gasteiger partial charge in [0.1, 0.15) is 18.2 Å². The zero-order valence-electron chi connectivity index (χ0n) is 19.6. The normalized spacial score (nSPS) is 15.3. The third-order valence-electron chi connectivity index (χ3n) is 6.31. The molecule has 1 amide bonds. The smallest absolute Gasteiger partial charge is 0.407 e. The van der Waals surface area contributed by atoms with Gasteiger partial charge in [-0.05, 0) is 54.7 Å². The topological polar surface area (TPSA) is 87.6 Å². The Morgan fingerprint density at radius 1 is 1.11 bits per heavy atom. The first-order valence-electron chi connectivity index (χ1n) is 11.8. The third kappa shape index (κ3) is 5.19. The second-order valence-corrected chi connectivity index (χ2v) is 8.95. The maximum atomic E-state index is 12.2. The Hall–Kier alpha value is -4.13. The van der Waals surface area contributed by atoms with Crippen LogP contribution in [0.5, 0.6) is 5.75 Å². The minimum absolute atomic E-state index is 0. The van der Waals surface area contributed by atoms with Crippen molar-refractivity contribution in [1.82, 2.24) is 15.3 Å². The fourth-order valence-corrected chi connectivity index (χ4v) is 4.44. The minimum Gasteiger partial charge on any atom is -0.507 e. The first kappa shape index (κ1) is 22.7. The summed E-state index contributed by atoms with van der Waals surface area (Å²) in [5, 5.41) is 14.3. The van der Waals surface area contributed by atoms with Gasteiger partial charge in [0.15, 0.2) is 5.82 Å². The quantitative estimate of drug-likeness (QED) is 0.382. The van der Waals surface area contributed by atoms with Gasteiger partial charge < -0.3 is 20.1 Å². The largest absolute Gasteiger partial charge is 0.507 e. The number of aromatic hydroxyl groups is 1. The number of aromatic nitrogens is 2. The Labute approximate surface area is 207 Å². The molecule has 1 fully saturated rings. The van der Waals surface area contributed by atoms with Gasteiger partial charge in [0, 0.05) is 27.9 Å². The van der Waals surface area contributed by atoms with Crippen molar-refractivity contribution in [1.29, 1.82) is 0 Å². The summed E-state index contributed by atoms with van der Waals surface area (Å²) < 4.78 is 5.34. The summed E-state index contributed by atoms with van der Waals surface area (Å²) in [5.41, 5.74) is 3.53. The van der Waals surface area contributed by atoms with Crippen LogP contribution in [0, 0.1) is 12.8 Å². The van der Waals surface area contributed by atoms with Crippen molar-refractivity contribution in [2.45, 2.75) is 20.0 Å². The first-order chi connectivity index (χ1) is 17.1. The van der Waals surface area contributed by atoms with E-state index >= 15 is 0 Å². The molecule has 2 heterocycles. The van der Waals surface area contributed by atoms with Crippen LogP contribution in [-0.2, 0) is 11.3 Å². The summed E-state index contributed by atoms with van der Waals surface area (Å²) in [6.07, 6.45) is 0.527. The molecule has 1 aromatic heterocycles. The maximum absolute atomic E-state index is 12.2. The molecule has 7 nitrogen and oxygen atoms in total. The summed E-state index contributed by atoms with van der Waals surface area (Å²) in [7, 11) is 0. The van der Waals surface area contributed by atoms with Crippen LogP contribution in [0.25, 0.3) is 22.3 Å². The number of alkyl carbamates (subject to hydrolysis) is 1. The van der Waals surface area contributed by atoms with Crippen molar-refractivity contribution in [3.63, 3.8) is 0 Å². The van der Waals surface area contributed by atoms with Crippen LogP contribution in [0.1, 0.15) is 20.4 Å². The number of benzene rings is 3. The number of nitrogens with one attached hydrogen (secondary N) is 1. The summed E-state index contributed by atoms with van der Waals surface area (Å²) in [4.78, 5) is 24.0. The van der Waals surface area contributed by atoms with Crippen LogP contribution in [0.2, 0.25) is 0 Å². The lowest BCUT2D eigenvalue weighted by Gasteiger charge is -2.21. The molecule has 3 aromatic carbocycles. The molecule has 35 heavy (non-hydrogen) atoms. The average molecular weight is 473 g/mol. The Bertz CT molecular complexity index is 1350. The van der Waals surface area contributed by atoms with E-state index in [1.54, 1.807) is 12.1 Å². The van der Waals surface area contributed by atoms with Crippen LogP contribution in [0.3, 0.4) is 0 Å². The molecule has 4 aromatic rings. The Morgan fingerprint density at radius 3 is 2.74 bits per heavy atom. The highest BCUT2D eigenvalue weighted by molar-refractivity contribution is 5.92. The van der Waals surface area contributed by atoms with Crippen LogP contribution >= 0.6 is 0 Å². The average Bonchev–Trinajstić information content (AvgIpc) is 3.35. The van der Waals surface area contributed by atoms with Crippen LogP contribution < -0.4 is 10.2 Å². The molecule has 7 heteroatoms. The zero-order chi connectivity index (χ0) is 24.2. The van der Waals surface area contributed by atoms with E-state index in [2.05, 4.69) is 22.3 Å². The van der Waals surface area contributed by atoms with Gasteiger partial charge in [0.05, 0.1) is 11.1 Å². The Balaban J connectivity index is 0.00000190. The molecule has 1 saturated heterocycles. The lowest BCUT2D eigenvalue weighted by molar-refractivity contribution is 0.138. The van der Waals surface area contributed by atoms with Crippen molar-refractivity contribution in [3.05, 3.63) is 83.9 Å². The minimum atomic E-state index is -0.405. The Kier molecular flexibility index (Phi) is 6.48. The summed E-state index contributed by atoms with van der Waals surface area (Å²) >= 11 is 0. The molecular weight excluding hydrogens is 440 g/mol. The molecule has 5 rings (SSSR count). The molecule has 1 atom stereocenters. The van der Waals surface area contributed by atoms with E-state index in [4.69, 9.17) is 14.7 Å². The van der Waals surface area contributed by atoms with Gasteiger partial charge in [-0.15, -0.1) is 0 Å². The molecule has 2 N–H and O–H groups in total. The number of carbonyl (C=O) groups is 1. The van der Waals surface area contributed by atoms with E-state index < -0.39 is 6.09 Å². The summed E-state index contributed by atoms with van der Waals surface area (Å²) in [5.74, 6) is 1.79. The SMILES string of the molecule is Cc1ccc2c(N3CC[C@@H](CNC(=O)OCc4ccccc4)C3)nc(-c3ccccc3O)nc2c1.[HH].[HH]. The molecule has 0 radical (unpaired) electrons. The lowest BCUT2D eigenvalue weighted by Crippen LogP contribution is -2.31. The van der Waals surface area contributed by atoms with E-state index in [1.165, 1.54) is 0 Å². The Morgan fingerprint density at radius 2 is 1.91 bits per heavy atom. The lowest BCUT2D eigenvalue weighted by atomic mass is 10.1. The van der Waals surface area contributed by atoms with Crippen molar-refractivity contribution in [2.24, 2.45) is 5.92 Å². The number of aryl methyl sites for hydroxylation is 1. The second-order valence-electron chi connectivity index (χ2n) is 8.95. The van der Waals surface area contributed by atoms with Crippen molar-refractivity contribution in [2.75, 3.05) is 24.5 Å². The van der Waals surface area contributed by atoms with Gasteiger partial charge in [0.25, 0.3) is 0 Å². The van der Waals surface area contributed by atoms with Gasteiger partial charge in [-0.3, -0.25) is 0 Å². The highest BCUT2D eigenvalue weighted by Crippen LogP contribution is 2.33. The number of fused-ring (bicyclic) bond motifs is 1. The van der Waals surface area contributed by atoms with Crippen molar-refractivity contribution < 1.29 is 17.5 Å². The number of phenols is 1. The second kappa shape index (κ2) is 10.0.